The highest BCUT2D eigenvalue weighted by molar-refractivity contribution is 9.10. The van der Waals surface area contributed by atoms with Crippen molar-refractivity contribution in [3.05, 3.63) is 29.0 Å². The number of piperidine rings is 1. The monoisotopic (exact) mass is 293 g/mol. The highest BCUT2D eigenvalue weighted by Crippen LogP contribution is 2.24. The number of rotatable bonds is 2. The van der Waals surface area contributed by atoms with Crippen LogP contribution in [0.2, 0.25) is 0 Å². The van der Waals surface area contributed by atoms with Crippen molar-refractivity contribution in [3.63, 3.8) is 0 Å². The summed E-state index contributed by atoms with van der Waals surface area (Å²) < 4.78 is 3.37. The van der Waals surface area contributed by atoms with Gasteiger partial charge in [0.25, 0.3) is 0 Å². The zero-order valence-electron chi connectivity index (χ0n) is 9.69. The summed E-state index contributed by atoms with van der Waals surface area (Å²) in [4.78, 5) is 4.48. The standard InChI is InChI=1S/C13H16BrN3/c14-11-2-1-3-12-13(11)16-9-17(12)8-10-4-6-15-7-5-10/h1-3,9-10,15H,4-8H2. The van der Waals surface area contributed by atoms with Gasteiger partial charge in [0.15, 0.2) is 0 Å². The number of halogens is 1. The number of imidazole rings is 1. The molecule has 0 amide bonds. The average molecular weight is 294 g/mol. The number of nitrogens with zero attached hydrogens (tertiary/aromatic N) is 2. The molecule has 4 heteroatoms. The fraction of sp³-hybridized carbons (Fsp3) is 0.462. The Kier molecular flexibility index (Phi) is 3.16. The van der Waals surface area contributed by atoms with Gasteiger partial charge in [-0.25, -0.2) is 4.98 Å². The smallest absolute Gasteiger partial charge is 0.103 e. The number of aromatic nitrogens is 2. The molecule has 3 rings (SSSR count). The second-order valence-electron chi connectivity index (χ2n) is 4.70. The molecule has 2 aromatic rings. The quantitative estimate of drug-likeness (QED) is 0.923. The van der Waals surface area contributed by atoms with Gasteiger partial charge >= 0.3 is 0 Å². The predicted octanol–water partition coefficient (Wildman–Crippen LogP) is 2.80. The molecule has 0 atom stereocenters. The first-order valence-corrected chi connectivity index (χ1v) is 6.94. The number of benzene rings is 1. The molecule has 0 radical (unpaired) electrons. The number of para-hydroxylation sites is 1. The van der Waals surface area contributed by atoms with Crippen molar-refractivity contribution >= 4 is 27.0 Å². The van der Waals surface area contributed by atoms with Crippen LogP contribution in [-0.4, -0.2) is 22.6 Å². The van der Waals surface area contributed by atoms with E-state index in [0.717, 1.165) is 35.5 Å². The minimum Gasteiger partial charge on any atom is -0.330 e. The van der Waals surface area contributed by atoms with Crippen LogP contribution in [0.4, 0.5) is 0 Å². The lowest BCUT2D eigenvalue weighted by Crippen LogP contribution is -2.29. The Hall–Kier alpha value is -0.870. The van der Waals surface area contributed by atoms with Gasteiger partial charge in [-0.05, 0) is 59.9 Å². The molecular weight excluding hydrogens is 278 g/mol. The maximum atomic E-state index is 4.48. The zero-order valence-corrected chi connectivity index (χ0v) is 11.3. The molecule has 90 valence electrons. The van der Waals surface area contributed by atoms with E-state index in [1.807, 2.05) is 12.4 Å². The van der Waals surface area contributed by atoms with Crippen LogP contribution in [0, 0.1) is 5.92 Å². The molecule has 17 heavy (non-hydrogen) atoms. The van der Waals surface area contributed by atoms with Crippen LogP contribution < -0.4 is 5.32 Å². The van der Waals surface area contributed by atoms with Crippen LogP contribution in [-0.2, 0) is 6.54 Å². The van der Waals surface area contributed by atoms with E-state index in [9.17, 15) is 0 Å². The molecule has 0 aliphatic carbocycles. The molecule has 1 aromatic heterocycles. The predicted molar refractivity (Wildman–Crippen MR) is 73.0 cm³/mol. The summed E-state index contributed by atoms with van der Waals surface area (Å²) in [5.74, 6) is 0.785. The van der Waals surface area contributed by atoms with Crippen LogP contribution in [0.25, 0.3) is 11.0 Å². The summed E-state index contributed by atoms with van der Waals surface area (Å²) in [5.41, 5.74) is 2.30. The number of hydrogen-bond acceptors (Lipinski definition) is 2. The van der Waals surface area contributed by atoms with Crippen molar-refractivity contribution in [3.8, 4) is 0 Å². The lowest BCUT2D eigenvalue weighted by atomic mass is 9.98. The Morgan fingerprint density at radius 2 is 2.18 bits per heavy atom. The van der Waals surface area contributed by atoms with Gasteiger partial charge in [-0.2, -0.15) is 0 Å². The fourth-order valence-corrected chi connectivity index (χ4v) is 3.00. The largest absolute Gasteiger partial charge is 0.330 e. The Morgan fingerprint density at radius 3 is 3.00 bits per heavy atom. The van der Waals surface area contributed by atoms with E-state index in [0.29, 0.717) is 0 Å². The topological polar surface area (TPSA) is 29.9 Å². The van der Waals surface area contributed by atoms with Crippen molar-refractivity contribution in [2.75, 3.05) is 13.1 Å². The first-order valence-electron chi connectivity index (χ1n) is 6.14. The molecule has 1 aliphatic rings. The second-order valence-corrected chi connectivity index (χ2v) is 5.55. The Balaban J connectivity index is 1.87. The summed E-state index contributed by atoms with van der Waals surface area (Å²) >= 11 is 3.55. The highest BCUT2D eigenvalue weighted by atomic mass is 79.9. The van der Waals surface area contributed by atoms with Crippen molar-refractivity contribution in [1.29, 1.82) is 0 Å². The first kappa shape index (κ1) is 11.2. The Bertz CT molecular complexity index is 514. The van der Waals surface area contributed by atoms with Gasteiger partial charge in [0, 0.05) is 11.0 Å². The van der Waals surface area contributed by atoms with Crippen LogP contribution in [0.5, 0.6) is 0 Å². The number of nitrogens with one attached hydrogen (secondary N) is 1. The van der Waals surface area contributed by atoms with E-state index in [-0.39, 0.29) is 0 Å². The molecule has 1 fully saturated rings. The fourth-order valence-electron chi connectivity index (χ4n) is 2.54. The molecule has 0 saturated carbocycles. The van der Waals surface area contributed by atoms with Crippen LogP contribution >= 0.6 is 15.9 Å². The molecule has 1 aromatic carbocycles. The van der Waals surface area contributed by atoms with Crippen LogP contribution in [0.1, 0.15) is 12.8 Å². The minimum atomic E-state index is 0.785. The molecule has 1 N–H and O–H groups in total. The van der Waals surface area contributed by atoms with Crippen LogP contribution in [0.3, 0.4) is 0 Å². The van der Waals surface area contributed by atoms with Gasteiger partial charge in [-0.15, -0.1) is 0 Å². The van der Waals surface area contributed by atoms with Gasteiger partial charge in [0.2, 0.25) is 0 Å². The summed E-state index contributed by atoms with van der Waals surface area (Å²) in [6, 6.07) is 6.27. The molecule has 1 aliphatic heterocycles. The Morgan fingerprint density at radius 1 is 1.35 bits per heavy atom. The van der Waals surface area contributed by atoms with E-state index in [1.54, 1.807) is 0 Å². The zero-order chi connectivity index (χ0) is 11.7. The molecule has 0 spiro atoms. The molecule has 0 unspecified atom stereocenters. The normalized spacial score (nSPS) is 17.7. The van der Waals surface area contributed by atoms with E-state index in [4.69, 9.17) is 0 Å². The van der Waals surface area contributed by atoms with Crippen molar-refractivity contribution in [2.24, 2.45) is 5.92 Å². The highest BCUT2D eigenvalue weighted by Gasteiger charge is 2.15. The molecule has 2 heterocycles. The SMILES string of the molecule is Brc1cccc2c1ncn2CC1CCNCC1. The lowest BCUT2D eigenvalue weighted by molar-refractivity contribution is 0.336. The molecular formula is C13H16BrN3. The van der Waals surface area contributed by atoms with E-state index >= 15 is 0 Å². The van der Waals surface area contributed by atoms with E-state index < -0.39 is 0 Å². The lowest BCUT2D eigenvalue weighted by Gasteiger charge is -2.23. The molecule has 3 nitrogen and oxygen atoms in total. The maximum Gasteiger partial charge on any atom is 0.103 e. The second kappa shape index (κ2) is 4.78. The van der Waals surface area contributed by atoms with Crippen LogP contribution in [0.15, 0.2) is 29.0 Å². The number of fused-ring (bicyclic) bond motifs is 1. The summed E-state index contributed by atoms with van der Waals surface area (Å²) in [5, 5.41) is 3.41. The minimum absolute atomic E-state index is 0.785. The van der Waals surface area contributed by atoms with Gasteiger partial charge in [-0.3, -0.25) is 0 Å². The third-order valence-electron chi connectivity index (χ3n) is 3.51. The summed E-state index contributed by atoms with van der Waals surface area (Å²) in [6.45, 7) is 3.40. The third-order valence-corrected chi connectivity index (χ3v) is 4.15. The number of hydrogen-bond donors (Lipinski definition) is 1. The van der Waals surface area contributed by atoms with Gasteiger partial charge in [0.05, 0.1) is 11.8 Å². The van der Waals surface area contributed by atoms with E-state index in [2.05, 4.69) is 42.9 Å². The average Bonchev–Trinajstić information content (AvgIpc) is 2.76. The molecule has 1 saturated heterocycles. The van der Waals surface area contributed by atoms with Gasteiger partial charge < -0.3 is 9.88 Å². The maximum absolute atomic E-state index is 4.48. The van der Waals surface area contributed by atoms with Crippen molar-refractivity contribution in [1.82, 2.24) is 14.9 Å². The Labute approximate surface area is 109 Å². The third kappa shape index (κ3) is 2.24. The first-order chi connectivity index (χ1) is 8.34. The van der Waals surface area contributed by atoms with Crippen molar-refractivity contribution < 1.29 is 0 Å². The summed E-state index contributed by atoms with van der Waals surface area (Å²) in [7, 11) is 0. The van der Waals surface area contributed by atoms with Crippen molar-refractivity contribution in [2.45, 2.75) is 19.4 Å². The van der Waals surface area contributed by atoms with Gasteiger partial charge in [-0.1, -0.05) is 6.07 Å². The molecule has 0 bridgehead atoms. The summed E-state index contributed by atoms with van der Waals surface area (Å²) in [6.07, 6.45) is 4.51. The van der Waals surface area contributed by atoms with E-state index in [1.165, 1.54) is 18.4 Å². The van der Waals surface area contributed by atoms with Gasteiger partial charge in [0.1, 0.15) is 5.52 Å².